The molecule has 7 heteroatoms. The number of nitrogens with one attached hydrogen (secondary N) is 1. The van der Waals surface area contributed by atoms with E-state index in [0.29, 0.717) is 23.6 Å². The van der Waals surface area contributed by atoms with Gasteiger partial charge < -0.3 is 20.1 Å². The molecule has 1 aromatic heterocycles. The van der Waals surface area contributed by atoms with E-state index in [0.717, 1.165) is 24.3 Å². The number of hydrogen-bond acceptors (Lipinski definition) is 4. The molecule has 2 heterocycles. The Morgan fingerprint density at radius 3 is 2.62 bits per heavy atom. The van der Waals surface area contributed by atoms with Gasteiger partial charge in [0.25, 0.3) is 5.56 Å². The number of hydrogen-bond donors (Lipinski definition) is 3. The summed E-state index contributed by atoms with van der Waals surface area (Å²) in [5, 5.41) is 19.5. The number of rotatable bonds is 4. The van der Waals surface area contributed by atoms with Crippen molar-refractivity contribution in [3.63, 3.8) is 0 Å². The van der Waals surface area contributed by atoms with E-state index in [4.69, 9.17) is 0 Å². The molecule has 0 saturated carbocycles. The minimum atomic E-state index is -1.43. The van der Waals surface area contributed by atoms with Gasteiger partial charge in [-0.05, 0) is 49.3 Å². The lowest BCUT2D eigenvalue weighted by atomic mass is 9.91. The minimum absolute atomic E-state index is 0. The van der Waals surface area contributed by atoms with Crippen molar-refractivity contribution in [1.82, 2.24) is 4.98 Å². The zero-order chi connectivity index (χ0) is 19.8. The fourth-order valence-electron chi connectivity index (χ4n) is 4.41. The molecule has 0 bridgehead atoms. The van der Waals surface area contributed by atoms with E-state index >= 15 is 0 Å². The highest BCUT2D eigenvalue weighted by molar-refractivity contribution is 5.92. The zero-order valence-electron chi connectivity index (χ0n) is 16.3. The molecular weight excluding hydrogens is 392 g/mol. The number of aromatic nitrogens is 1. The lowest BCUT2D eigenvalue weighted by Gasteiger charge is -2.19. The van der Waals surface area contributed by atoms with Crippen LogP contribution in [0.3, 0.4) is 0 Å². The highest BCUT2D eigenvalue weighted by Crippen LogP contribution is 2.36. The summed E-state index contributed by atoms with van der Waals surface area (Å²) in [6, 6.07) is 7.87. The Bertz CT molecular complexity index is 1010. The average Bonchev–Trinajstić information content (AvgIpc) is 3.11. The number of pyridine rings is 1. The first kappa shape index (κ1) is 21.0. The number of carboxylic acids is 1. The van der Waals surface area contributed by atoms with E-state index in [1.54, 1.807) is 5.57 Å². The molecule has 1 fully saturated rings. The highest BCUT2D eigenvalue weighted by Gasteiger charge is 2.29. The molecule has 0 spiro atoms. The van der Waals surface area contributed by atoms with Crippen molar-refractivity contribution in [2.75, 3.05) is 18.0 Å². The van der Waals surface area contributed by atoms with Crippen LogP contribution in [0.25, 0.3) is 11.3 Å². The SMILES string of the molecule is CCc1c(-c2ccc(N3CC4=CCCC[C@@H]4C3)cc2)[nH]c(=O)c(C(=O)O)c1O.Cl. The maximum atomic E-state index is 12.2. The standard InChI is InChI=1S/C22H24N2O4.ClH/c1-2-17-19(23-21(26)18(20(17)25)22(27)28)13-7-9-16(10-8-13)24-11-14-5-3-4-6-15(14)12-24;/h5,7-10,15H,2-4,6,11-12H2,1H3,(H,27,28)(H2,23,25,26);1H/t15-;/m1./s1. The fourth-order valence-corrected chi connectivity index (χ4v) is 4.41. The Kier molecular flexibility index (Phi) is 6.03. The summed E-state index contributed by atoms with van der Waals surface area (Å²) in [4.78, 5) is 28.4. The van der Waals surface area contributed by atoms with Gasteiger partial charge in [0.1, 0.15) is 5.75 Å². The number of anilines is 1. The molecule has 2 aromatic rings. The molecule has 3 N–H and O–H groups in total. The van der Waals surface area contributed by atoms with Gasteiger partial charge in [0, 0.05) is 24.3 Å². The van der Waals surface area contributed by atoms with Gasteiger partial charge in [-0.25, -0.2) is 4.79 Å². The average molecular weight is 417 g/mol. The molecule has 29 heavy (non-hydrogen) atoms. The second-order valence-electron chi connectivity index (χ2n) is 7.52. The number of aromatic hydroxyl groups is 1. The zero-order valence-corrected chi connectivity index (χ0v) is 17.1. The molecule has 154 valence electrons. The Morgan fingerprint density at radius 2 is 2.00 bits per heavy atom. The van der Waals surface area contributed by atoms with Crippen LogP contribution in [0.4, 0.5) is 5.69 Å². The summed E-state index contributed by atoms with van der Waals surface area (Å²) in [5.41, 5.74) is 2.93. The lowest BCUT2D eigenvalue weighted by molar-refractivity contribution is 0.0691. The predicted molar refractivity (Wildman–Crippen MR) is 115 cm³/mol. The molecule has 4 rings (SSSR count). The van der Waals surface area contributed by atoms with Gasteiger partial charge in [-0.2, -0.15) is 0 Å². The maximum absolute atomic E-state index is 12.2. The monoisotopic (exact) mass is 416 g/mol. The lowest BCUT2D eigenvalue weighted by Crippen LogP contribution is -2.20. The number of halogens is 1. The van der Waals surface area contributed by atoms with Crippen LogP contribution in [0, 0.1) is 5.92 Å². The number of carboxylic acid groups (broad SMARTS) is 1. The Hall–Kier alpha value is -2.73. The van der Waals surface area contributed by atoms with Crippen molar-refractivity contribution in [2.45, 2.75) is 32.6 Å². The maximum Gasteiger partial charge on any atom is 0.345 e. The Balaban J connectivity index is 0.00000240. The van der Waals surface area contributed by atoms with Crippen molar-refractivity contribution in [3.8, 4) is 17.0 Å². The number of allylic oxidation sites excluding steroid dienone is 1. The number of aromatic carboxylic acids is 1. The van der Waals surface area contributed by atoms with Crippen molar-refractivity contribution in [3.05, 3.63) is 57.4 Å². The van der Waals surface area contributed by atoms with E-state index < -0.39 is 22.8 Å². The first-order valence-corrected chi connectivity index (χ1v) is 9.75. The van der Waals surface area contributed by atoms with Gasteiger partial charge in [0.2, 0.25) is 0 Å². The van der Waals surface area contributed by atoms with Crippen LogP contribution in [0.15, 0.2) is 40.7 Å². The van der Waals surface area contributed by atoms with Crippen LogP contribution >= 0.6 is 12.4 Å². The molecule has 1 atom stereocenters. The summed E-state index contributed by atoms with van der Waals surface area (Å²) in [6.07, 6.45) is 6.50. The summed E-state index contributed by atoms with van der Waals surface area (Å²) in [5.74, 6) is -1.22. The molecule has 0 radical (unpaired) electrons. The minimum Gasteiger partial charge on any atom is -0.506 e. The van der Waals surface area contributed by atoms with E-state index in [1.807, 2.05) is 31.2 Å². The Morgan fingerprint density at radius 1 is 1.28 bits per heavy atom. The first-order valence-electron chi connectivity index (χ1n) is 9.75. The molecule has 0 amide bonds. The summed E-state index contributed by atoms with van der Waals surface area (Å²) in [7, 11) is 0. The smallest absolute Gasteiger partial charge is 0.345 e. The third-order valence-corrected chi connectivity index (χ3v) is 5.88. The summed E-state index contributed by atoms with van der Waals surface area (Å²) < 4.78 is 0. The van der Waals surface area contributed by atoms with Gasteiger partial charge in [0.15, 0.2) is 5.56 Å². The van der Waals surface area contributed by atoms with Crippen molar-refractivity contribution >= 4 is 24.1 Å². The van der Waals surface area contributed by atoms with Crippen molar-refractivity contribution in [2.24, 2.45) is 5.92 Å². The quantitative estimate of drug-likeness (QED) is 0.655. The van der Waals surface area contributed by atoms with Crippen molar-refractivity contribution in [1.29, 1.82) is 0 Å². The van der Waals surface area contributed by atoms with Crippen LogP contribution in [-0.2, 0) is 6.42 Å². The summed E-state index contributed by atoms with van der Waals surface area (Å²) >= 11 is 0. The second kappa shape index (κ2) is 8.33. The number of H-pyrrole nitrogens is 1. The molecular formula is C22H25ClN2O4. The third-order valence-electron chi connectivity index (χ3n) is 5.88. The van der Waals surface area contributed by atoms with Gasteiger partial charge >= 0.3 is 5.97 Å². The van der Waals surface area contributed by atoms with E-state index in [1.165, 1.54) is 19.3 Å². The summed E-state index contributed by atoms with van der Waals surface area (Å²) in [6.45, 7) is 3.82. The molecule has 2 aliphatic rings. The molecule has 1 aromatic carbocycles. The molecule has 1 aliphatic heterocycles. The normalized spacial score (nSPS) is 18.0. The third kappa shape index (κ3) is 3.77. The van der Waals surface area contributed by atoms with Crippen molar-refractivity contribution < 1.29 is 15.0 Å². The number of fused-ring (bicyclic) bond motifs is 1. The van der Waals surface area contributed by atoms with Crippen LogP contribution < -0.4 is 10.5 Å². The Labute approximate surface area is 175 Å². The molecule has 6 nitrogen and oxygen atoms in total. The van der Waals surface area contributed by atoms with Gasteiger partial charge in [-0.15, -0.1) is 12.4 Å². The number of carbonyl (C=O) groups is 1. The van der Waals surface area contributed by atoms with Crippen LogP contribution in [0.1, 0.15) is 42.1 Å². The predicted octanol–water partition coefficient (Wildman–Crippen LogP) is 3.98. The number of nitrogens with zero attached hydrogens (tertiary/aromatic N) is 1. The number of benzene rings is 1. The van der Waals surface area contributed by atoms with E-state index in [2.05, 4.69) is 16.0 Å². The van der Waals surface area contributed by atoms with Crippen LogP contribution in [0.5, 0.6) is 5.75 Å². The molecule has 1 aliphatic carbocycles. The number of aromatic amines is 1. The van der Waals surface area contributed by atoms with E-state index in [9.17, 15) is 19.8 Å². The largest absolute Gasteiger partial charge is 0.506 e. The van der Waals surface area contributed by atoms with Gasteiger partial charge in [0.05, 0.1) is 5.69 Å². The van der Waals surface area contributed by atoms with Crippen LogP contribution in [0.2, 0.25) is 0 Å². The van der Waals surface area contributed by atoms with Gasteiger partial charge in [-0.1, -0.05) is 30.7 Å². The van der Waals surface area contributed by atoms with Gasteiger partial charge in [-0.3, -0.25) is 4.79 Å². The van der Waals surface area contributed by atoms with Crippen LogP contribution in [-0.4, -0.2) is 34.3 Å². The topological polar surface area (TPSA) is 93.6 Å². The first-order chi connectivity index (χ1) is 13.5. The second-order valence-corrected chi connectivity index (χ2v) is 7.52. The molecule has 1 saturated heterocycles. The highest BCUT2D eigenvalue weighted by atomic mass is 35.5. The fraction of sp³-hybridized carbons (Fsp3) is 0.364. The van der Waals surface area contributed by atoms with E-state index in [-0.39, 0.29) is 12.4 Å². The molecule has 0 unspecified atom stereocenters.